The molecule has 10 N–H and O–H groups in total. The van der Waals surface area contributed by atoms with Gasteiger partial charge in [-0.2, -0.15) is 0 Å². The smallest absolute Gasteiger partial charge is 0.328 e. The van der Waals surface area contributed by atoms with Gasteiger partial charge in [0.15, 0.2) is 0 Å². The number of aromatic nitrogens is 2. The van der Waals surface area contributed by atoms with Crippen molar-refractivity contribution >= 4 is 51.5 Å². The third-order valence-corrected chi connectivity index (χ3v) is 7.26. The molecule has 2 heterocycles. The van der Waals surface area contributed by atoms with E-state index in [-0.39, 0.29) is 19.3 Å². The molecule has 0 bridgehead atoms. The number of carboxylic acid groups (broad SMARTS) is 2. The minimum absolute atomic E-state index is 0.0109. The molecule has 0 radical (unpaired) electrons. The number of carbonyl (C=O) groups is 5. The Bertz CT molecular complexity index is 1660. The highest BCUT2D eigenvalue weighted by Gasteiger charge is 2.31. The lowest BCUT2D eigenvalue weighted by atomic mass is 10.0. The van der Waals surface area contributed by atoms with E-state index in [1.54, 1.807) is 12.4 Å². The Hall–Kier alpha value is -5.21. The molecular weight excluding hydrogens is 572 g/mol. The van der Waals surface area contributed by atoms with Crippen LogP contribution in [0.25, 0.3) is 21.8 Å². The van der Waals surface area contributed by atoms with E-state index in [9.17, 15) is 39.3 Å². The summed E-state index contributed by atoms with van der Waals surface area (Å²) >= 11 is 0. The van der Waals surface area contributed by atoms with Crippen LogP contribution in [0.3, 0.4) is 0 Å². The number of hydrogen-bond acceptors (Lipinski definition) is 7. The van der Waals surface area contributed by atoms with Crippen LogP contribution >= 0.6 is 0 Å². The number of aromatic amines is 2. The van der Waals surface area contributed by atoms with Crippen LogP contribution in [0.2, 0.25) is 0 Å². The Kier molecular flexibility index (Phi) is 10.3. The van der Waals surface area contributed by atoms with Gasteiger partial charge in [-0.15, -0.1) is 0 Å². The summed E-state index contributed by atoms with van der Waals surface area (Å²) in [6.45, 7) is -0.922. The van der Waals surface area contributed by atoms with Gasteiger partial charge < -0.3 is 47.0 Å². The lowest BCUT2D eigenvalue weighted by Gasteiger charge is -2.25. The van der Waals surface area contributed by atoms with E-state index in [4.69, 9.17) is 5.73 Å². The molecule has 4 unspecified atom stereocenters. The van der Waals surface area contributed by atoms with Gasteiger partial charge in [-0.05, 0) is 36.1 Å². The number of H-pyrrole nitrogens is 2. The van der Waals surface area contributed by atoms with Crippen molar-refractivity contribution in [1.29, 1.82) is 0 Å². The molecule has 2 aromatic heterocycles. The number of fused-ring (bicyclic) bond motifs is 2. The van der Waals surface area contributed by atoms with Crippen molar-refractivity contribution in [3.63, 3.8) is 0 Å². The number of aliphatic hydroxyl groups excluding tert-OH is 1. The summed E-state index contributed by atoms with van der Waals surface area (Å²) in [5, 5.41) is 36.6. The van der Waals surface area contributed by atoms with Gasteiger partial charge in [0.2, 0.25) is 17.7 Å². The zero-order valence-corrected chi connectivity index (χ0v) is 23.6. The molecule has 0 saturated carbocycles. The normalized spacial score (nSPS) is 14.0. The maximum Gasteiger partial charge on any atom is 0.328 e. The first kappa shape index (κ1) is 31.7. The molecule has 0 aliphatic carbocycles. The number of hydrogen-bond donors (Lipinski definition) is 9. The highest BCUT2D eigenvalue weighted by atomic mass is 16.4. The van der Waals surface area contributed by atoms with Crippen LogP contribution in [0.1, 0.15) is 24.0 Å². The predicted octanol–water partition coefficient (Wildman–Crippen LogP) is 0.158. The average molecular weight is 607 g/mol. The van der Waals surface area contributed by atoms with E-state index in [2.05, 4.69) is 25.9 Å². The number of carbonyl (C=O) groups excluding carboxylic acids is 3. The number of aliphatic hydroxyl groups is 1. The molecule has 0 fully saturated rings. The van der Waals surface area contributed by atoms with Crippen LogP contribution in [0.15, 0.2) is 60.9 Å². The second-order valence-corrected chi connectivity index (χ2v) is 10.4. The number of carboxylic acids is 2. The van der Waals surface area contributed by atoms with E-state index < -0.39 is 66.9 Å². The molecular formula is C30H34N6O8. The highest BCUT2D eigenvalue weighted by molar-refractivity contribution is 5.95. The Balaban J connectivity index is 1.56. The standard InChI is InChI=1S/C30H34N6O8/c31-20(11-16-13-32-21-7-3-1-5-18(16)21)27(40)35-24(12-17-14-33-22-8-4-2-6-19(17)22)29(42)34-23(9-10-26(38)39)28(41)36-25(15-37)30(43)44/h1-8,13-14,20,23-25,32-33,37H,9-12,15,31H2,(H,34,42)(H,35,40)(H,36,41)(H,38,39)(H,43,44). The third kappa shape index (κ3) is 7.79. The van der Waals surface area contributed by atoms with Crippen molar-refractivity contribution in [3.05, 3.63) is 72.1 Å². The lowest BCUT2D eigenvalue weighted by molar-refractivity contribution is -0.144. The molecule has 0 saturated heterocycles. The number of amides is 3. The van der Waals surface area contributed by atoms with Crippen LogP contribution in [-0.4, -0.2) is 85.7 Å². The number of nitrogens with two attached hydrogens (primary N) is 1. The van der Waals surface area contributed by atoms with E-state index in [1.807, 2.05) is 48.5 Å². The van der Waals surface area contributed by atoms with Gasteiger partial charge >= 0.3 is 11.9 Å². The van der Waals surface area contributed by atoms with Crippen molar-refractivity contribution in [2.75, 3.05) is 6.61 Å². The molecule has 44 heavy (non-hydrogen) atoms. The van der Waals surface area contributed by atoms with Gasteiger partial charge in [0.05, 0.1) is 12.6 Å². The molecule has 0 aliphatic rings. The van der Waals surface area contributed by atoms with Crippen molar-refractivity contribution in [3.8, 4) is 0 Å². The molecule has 14 heteroatoms. The number of nitrogens with one attached hydrogen (secondary N) is 5. The summed E-state index contributed by atoms with van der Waals surface area (Å²) in [5.74, 6) is -5.22. The van der Waals surface area contributed by atoms with Gasteiger partial charge in [0, 0.05) is 47.0 Å². The number of aliphatic carboxylic acids is 2. The van der Waals surface area contributed by atoms with Crippen molar-refractivity contribution in [2.24, 2.45) is 5.73 Å². The number of benzene rings is 2. The Labute approximate surface area is 251 Å². The Morgan fingerprint density at radius 1 is 0.705 bits per heavy atom. The van der Waals surface area contributed by atoms with E-state index in [0.29, 0.717) is 5.56 Å². The van der Waals surface area contributed by atoms with Crippen LogP contribution < -0.4 is 21.7 Å². The van der Waals surface area contributed by atoms with E-state index in [0.717, 1.165) is 27.4 Å². The third-order valence-electron chi connectivity index (χ3n) is 7.26. The Morgan fingerprint density at radius 2 is 1.20 bits per heavy atom. The topological polar surface area (TPSA) is 240 Å². The first-order valence-electron chi connectivity index (χ1n) is 13.9. The zero-order valence-electron chi connectivity index (χ0n) is 23.6. The van der Waals surface area contributed by atoms with Crippen molar-refractivity contribution < 1.29 is 39.3 Å². The minimum Gasteiger partial charge on any atom is -0.481 e. The fraction of sp³-hybridized carbons (Fsp3) is 0.300. The van der Waals surface area contributed by atoms with Gasteiger partial charge in [-0.25, -0.2) is 4.79 Å². The SMILES string of the molecule is NC(Cc1c[nH]c2ccccc12)C(=O)NC(Cc1c[nH]c2ccccc12)C(=O)NC(CCC(=O)O)C(=O)NC(CO)C(=O)O. The van der Waals surface area contributed by atoms with Gasteiger partial charge in [0.1, 0.15) is 18.1 Å². The van der Waals surface area contributed by atoms with Crippen LogP contribution in [0, 0.1) is 0 Å². The number of para-hydroxylation sites is 2. The second kappa shape index (κ2) is 14.3. The highest BCUT2D eigenvalue weighted by Crippen LogP contribution is 2.21. The molecule has 2 aromatic carbocycles. The van der Waals surface area contributed by atoms with Gasteiger partial charge in [0.25, 0.3) is 0 Å². The zero-order chi connectivity index (χ0) is 31.8. The fourth-order valence-electron chi connectivity index (χ4n) is 4.91. The maximum absolute atomic E-state index is 13.6. The average Bonchev–Trinajstić information content (AvgIpc) is 3.61. The summed E-state index contributed by atoms with van der Waals surface area (Å²) in [4.78, 5) is 68.6. The molecule has 4 atom stereocenters. The number of rotatable bonds is 15. The Morgan fingerprint density at radius 3 is 1.75 bits per heavy atom. The minimum atomic E-state index is -1.67. The van der Waals surface area contributed by atoms with E-state index >= 15 is 0 Å². The molecule has 3 amide bonds. The molecule has 0 spiro atoms. The second-order valence-electron chi connectivity index (χ2n) is 10.4. The molecule has 232 valence electrons. The van der Waals surface area contributed by atoms with Crippen LogP contribution in [-0.2, 0) is 36.8 Å². The fourth-order valence-corrected chi connectivity index (χ4v) is 4.91. The maximum atomic E-state index is 13.6. The van der Waals surface area contributed by atoms with Crippen molar-refractivity contribution in [2.45, 2.75) is 49.9 Å². The lowest BCUT2D eigenvalue weighted by Crippen LogP contribution is -2.58. The monoisotopic (exact) mass is 606 g/mol. The predicted molar refractivity (Wildman–Crippen MR) is 159 cm³/mol. The largest absolute Gasteiger partial charge is 0.481 e. The van der Waals surface area contributed by atoms with Gasteiger partial charge in [-0.3, -0.25) is 19.2 Å². The summed E-state index contributed by atoms with van der Waals surface area (Å²) in [6.07, 6.45) is 2.71. The van der Waals surface area contributed by atoms with Crippen molar-refractivity contribution in [1.82, 2.24) is 25.9 Å². The quantitative estimate of drug-likeness (QED) is 0.0894. The van der Waals surface area contributed by atoms with Crippen LogP contribution in [0.5, 0.6) is 0 Å². The molecule has 4 aromatic rings. The molecule has 4 rings (SSSR count). The first-order chi connectivity index (χ1) is 21.1. The van der Waals surface area contributed by atoms with Crippen LogP contribution in [0.4, 0.5) is 0 Å². The summed E-state index contributed by atoms with van der Waals surface area (Å²) < 4.78 is 0. The molecule has 0 aliphatic heterocycles. The summed E-state index contributed by atoms with van der Waals surface area (Å²) in [6, 6.07) is 9.42. The van der Waals surface area contributed by atoms with E-state index in [1.165, 1.54) is 0 Å². The summed E-state index contributed by atoms with van der Waals surface area (Å²) in [7, 11) is 0. The first-order valence-corrected chi connectivity index (χ1v) is 13.9. The van der Waals surface area contributed by atoms with Gasteiger partial charge in [-0.1, -0.05) is 36.4 Å². The summed E-state index contributed by atoms with van der Waals surface area (Å²) in [5.41, 5.74) is 9.44. The molecule has 14 nitrogen and oxygen atoms in total.